The molecule has 0 radical (unpaired) electrons. The molecule has 0 spiro atoms. The van der Waals surface area contributed by atoms with E-state index in [0.717, 1.165) is 35.8 Å². The van der Waals surface area contributed by atoms with Gasteiger partial charge in [0.15, 0.2) is 0 Å². The van der Waals surface area contributed by atoms with Gasteiger partial charge in [-0.15, -0.1) is 0 Å². The molecular weight excluding hydrogens is 282 g/mol. The van der Waals surface area contributed by atoms with Crippen LogP contribution in [0, 0.1) is 0 Å². The van der Waals surface area contributed by atoms with E-state index in [1.54, 1.807) is 0 Å². The molecule has 1 rings (SSSR count). The average Bonchev–Trinajstić information content (AvgIpc) is 2.44. The molecule has 0 heterocycles. The Balaban J connectivity index is 2.30. The highest BCUT2D eigenvalue weighted by molar-refractivity contribution is 6.31. The number of hydrogen-bond donors (Lipinski definition) is 1. The van der Waals surface area contributed by atoms with Gasteiger partial charge in [0.05, 0.1) is 6.61 Å². The van der Waals surface area contributed by atoms with Crippen molar-refractivity contribution in [3.63, 3.8) is 0 Å². The van der Waals surface area contributed by atoms with E-state index in [-0.39, 0.29) is 6.04 Å². The average molecular weight is 312 g/mol. The minimum Gasteiger partial charge on any atom is -0.493 e. The second-order valence-electron chi connectivity index (χ2n) is 5.87. The van der Waals surface area contributed by atoms with Crippen LogP contribution in [-0.2, 0) is 6.42 Å². The van der Waals surface area contributed by atoms with Crippen LogP contribution in [0.2, 0.25) is 5.02 Å². The van der Waals surface area contributed by atoms with Gasteiger partial charge in [0.25, 0.3) is 0 Å². The first-order valence-electron chi connectivity index (χ1n) is 8.31. The first-order chi connectivity index (χ1) is 10.1. The van der Waals surface area contributed by atoms with Gasteiger partial charge in [0.1, 0.15) is 5.75 Å². The van der Waals surface area contributed by atoms with Crippen molar-refractivity contribution in [2.45, 2.75) is 71.3 Å². The molecule has 0 saturated heterocycles. The molecule has 120 valence electrons. The topological polar surface area (TPSA) is 35.2 Å². The Kier molecular flexibility index (Phi) is 9.53. The molecule has 21 heavy (non-hydrogen) atoms. The Labute approximate surface area is 135 Å². The van der Waals surface area contributed by atoms with E-state index in [0.29, 0.717) is 0 Å². The number of ether oxygens (including phenoxy) is 1. The summed E-state index contributed by atoms with van der Waals surface area (Å²) < 4.78 is 5.91. The van der Waals surface area contributed by atoms with Crippen LogP contribution in [0.15, 0.2) is 18.2 Å². The van der Waals surface area contributed by atoms with Crippen molar-refractivity contribution in [2.75, 3.05) is 6.61 Å². The number of benzene rings is 1. The Bertz CT molecular complexity index is 393. The summed E-state index contributed by atoms with van der Waals surface area (Å²) >= 11 is 6.25. The Morgan fingerprint density at radius 3 is 2.43 bits per heavy atom. The molecule has 0 fully saturated rings. The van der Waals surface area contributed by atoms with E-state index in [4.69, 9.17) is 22.1 Å². The summed E-state index contributed by atoms with van der Waals surface area (Å²) in [7, 11) is 0. The van der Waals surface area contributed by atoms with Gasteiger partial charge in [-0.1, -0.05) is 63.1 Å². The van der Waals surface area contributed by atoms with Gasteiger partial charge >= 0.3 is 0 Å². The fourth-order valence-corrected chi connectivity index (χ4v) is 2.68. The van der Waals surface area contributed by atoms with Crippen molar-refractivity contribution in [1.29, 1.82) is 0 Å². The fourth-order valence-electron chi connectivity index (χ4n) is 2.44. The van der Waals surface area contributed by atoms with Crippen LogP contribution in [0.25, 0.3) is 0 Å². The lowest BCUT2D eigenvalue weighted by Gasteiger charge is -2.14. The van der Waals surface area contributed by atoms with Gasteiger partial charge in [-0.25, -0.2) is 0 Å². The predicted molar refractivity (Wildman–Crippen MR) is 92.3 cm³/mol. The molecule has 0 amide bonds. The lowest BCUT2D eigenvalue weighted by molar-refractivity contribution is 0.301. The zero-order valence-electron chi connectivity index (χ0n) is 13.5. The summed E-state index contributed by atoms with van der Waals surface area (Å²) in [5, 5.41) is 0.754. The Morgan fingerprint density at radius 1 is 1.10 bits per heavy atom. The normalized spacial score (nSPS) is 12.4. The highest BCUT2D eigenvalue weighted by Gasteiger charge is 2.10. The van der Waals surface area contributed by atoms with Gasteiger partial charge < -0.3 is 10.5 Å². The van der Waals surface area contributed by atoms with Crippen LogP contribution in [-0.4, -0.2) is 12.6 Å². The third kappa shape index (κ3) is 7.73. The molecule has 1 aromatic rings. The highest BCUT2D eigenvalue weighted by atomic mass is 35.5. The summed E-state index contributed by atoms with van der Waals surface area (Å²) in [4.78, 5) is 0. The summed E-state index contributed by atoms with van der Waals surface area (Å²) in [5.74, 6) is 0.894. The van der Waals surface area contributed by atoms with Crippen molar-refractivity contribution in [2.24, 2.45) is 5.73 Å². The largest absolute Gasteiger partial charge is 0.493 e. The van der Waals surface area contributed by atoms with E-state index in [9.17, 15) is 0 Å². The maximum Gasteiger partial charge on any atom is 0.124 e. The van der Waals surface area contributed by atoms with Crippen LogP contribution in [0.1, 0.15) is 64.4 Å². The first kappa shape index (κ1) is 18.3. The third-order valence-electron chi connectivity index (χ3n) is 3.61. The van der Waals surface area contributed by atoms with Crippen molar-refractivity contribution < 1.29 is 4.74 Å². The molecule has 0 aromatic heterocycles. The lowest BCUT2D eigenvalue weighted by Crippen LogP contribution is -2.18. The van der Waals surface area contributed by atoms with Crippen LogP contribution in [0.3, 0.4) is 0 Å². The van der Waals surface area contributed by atoms with Gasteiger partial charge in [-0.05, 0) is 31.9 Å². The van der Waals surface area contributed by atoms with E-state index in [2.05, 4.69) is 6.92 Å². The maximum atomic E-state index is 6.25. The van der Waals surface area contributed by atoms with Crippen molar-refractivity contribution >= 4 is 11.6 Å². The van der Waals surface area contributed by atoms with Gasteiger partial charge in [0, 0.05) is 16.6 Å². The molecule has 2 N–H and O–H groups in total. The Hall–Kier alpha value is -0.730. The summed E-state index contributed by atoms with van der Waals surface area (Å²) in [6, 6.07) is 5.92. The van der Waals surface area contributed by atoms with Gasteiger partial charge in [0.2, 0.25) is 0 Å². The lowest BCUT2D eigenvalue weighted by atomic mass is 10.1. The molecule has 1 aromatic carbocycles. The predicted octanol–water partition coefficient (Wildman–Crippen LogP) is 5.36. The summed E-state index contributed by atoms with van der Waals surface area (Å²) in [6.45, 7) is 5.00. The second-order valence-corrected chi connectivity index (χ2v) is 6.27. The minimum atomic E-state index is 0.0887. The zero-order chi connectivity index (χ0) is 15.5. The van der Waals surface area contributed by atoms with Crippen molar-refractivity contribution in [1.82, 2.24) is 0 Å². The standard InChI is InChI=1S/C18H30ClNO/c1-3-4-5-6-7-8-9-13-21-18-12-10-11-17(19)16(18)14-15(2)20/h10-12,15H,3-9,13-14,20H2,1-2H3. The molecule has 1 unspecified atom stereocenters. The molecule has 1 atom stereocenters. The fraction of sp³-hybridized carbons (Fsp3) is 0.667. The molecule has 0 bridgehead atoms. The van der Waals surface area contributed by atoms with Crippen LogP contribution in [0.4, 0.5) is 0 Å². The number of unbranched alkanes of at least 4 members (excludes halogenated alkanes) is 6. The third-order valence-corrected chi connectivity index (χ3v) is 3.96. The van der Waals surface area contributed by atoms with Gasteiger partial charge in [-0.2, -0.15) is 0 Å². The monoisotopic (exact) mass is 311 g/mol. The highest BCUT2D eigenvalue weighted by Crippen LogP contribution is 2.27. The minimum absolute atomic E-state index is 0.0887. The number of halogens is 1. The van der Waals surface area contributed by atoms with Crippen LogP contribution in [0.5, 0.6) is 5.75 Å². The van der Waals surface area contributed by atoms with E-state index >= 15 is 0 Å². The quantitative estimate of drug-likeness (QED) is 0.558. The van der Waals surface area contributed by atoms with Gasteiger partial charge in [-0.3, -0.25) is 0 Å². The zero-order valence-corrected chi connectivity index (χ0v) is 14.3. The second kappa shape index (κ2) is 10.9. The molecule has 3 heteroatoms. The maximum absolute atomic E-state index is 6.25. The molecule has 2 nitrogen and oxygen atoms in total. The number of hydrogen-bond acceptors (Lipinski definition) is 2. The summed E-state index contributed by atoms with van der Waals surface area (Å²) in [5.41, 5.74) is 6.92. The van der Waals surface area contributed by atoms with E-state index in [1.165, 1.54) is 38.5 Å². The molecule has 0 saturated carbocycles. The first-order valence-corrected chi connectivity index (χ1v) is 8.68. The molecular formula is C18H30ClNO. The Morgan fingerprint density at radius 2 is 1.76 bits per heavy atom. The number of nitrogens with two attached hydrogens (primary N) is 1. The van der Waals surface area contributed by atoms with Crippen LogP contribution < -0.4 is 10.5 Å². The SMILES string of the molecule is CCCCCCCCCOc1cccc(Cl)c1CC(C)N. The molecule has 0 aliphatic carbocycles. The van der Waals surface area contributed by atoms with Crippen molar-refractivity contribution in [3.05, 3.63) is 28.8 Å². The smallest absolute Gasteiger partial charge is 0.124 e. The van der Waals surface area contributed by atoms with E-state index in [1.807, 2.05) is 25.1 Å². The molecule has 0 aliphatic heterocycles. The van der Waals surface area contributed by atoms with Crippen LogP contribution >= 0.6 is 11.6 Å². The van der Waals surface area contributed by atoms with E-state index < -0.39 is 0 Å². The van der Waals surface area contributed by atoms with Crippen molar-refractivity contribution in [3.8, 4) is 5.75 Å². The molecule has 0 aliphatic rings. The summed E-state index contributed by atoms with van der Waals surface area (Å²) in [6.07, 6.45) is 9.80. The number of rotatable bonds is 11.